The summed E-state index contributed by atoms with van der Waals surface area (Å²) in [4.78, 5) is 18.8. The minimum absolute atomic E-state index is 0.141. The molecule has 0 saturated heterocycles. The zero-order valence-corrected chi connectivity index (χ0v) is 17.7. The van der Waals surface area contributed by atoms with Crippen LogP contribution in [-0.2, 0) is 11.3 Å². The molecule has 0 bridgehead atoms. The zero-order chi connectivity index (χ0) is 21.0. The SMILES string of the molecule is CCC(Oc1cc(C)cc(C)c1)C(=O)N(C)Cc1nc(-c2ccc(Cl)cc2)no1. The van der Waals surface area contributed by atoms with E-state index < -0.39 is 6.10 Å². The topological polar surface area (TPSA) is 68.5 Å². The molecule has 1 aromatic heterocycles. The highest BCUT2D eigenvalue weighted by Crippen LogP contribution is 2.21. The van der Waals surface area contributed by atoms with Crippen molar-refractivity contribution in [2.45, 2.75) is 39.8 Å². The first-order valence-corrected chi connectivity index (χ1v) is 9.82. The Balaban J connectivity index is 1.66. The van der Waals surface area contributed by atoms with Crippen molar-refractivity contribution in [2.75, 3.05) is 7.05 Å². The summed E-state index contributed by atoms with van der Waals surface area (Å²) in [5, 5.41) is 4.62. The van der Waals surface area contributed by atoms with Gasteiger partial charge in [-0.2, -0.15) is 4.98 Å². The Hall–Kier alpha value is -2.86. The largest absolute Gasteiger partial charge is 0.481 e. The van der Waals surface area contributed by atoms with Crippen LogP contribution in [-0.4, -0.2) is 34.1 Å². The smallest absolute Gasteiger partial charge is 0.263 e. The summed E-state index contributed by atoms with van der Waals surface area (Å²) in [6, 6.07) is 13.1. The first-order chi connectivity index (χ1) is 13.9. The van der Waals surface area contributed by atoms with Gasteiger partial charge in [0.1, 0.15) is 5.75 Å². The van der Waals surface area contributed by atoms with Crippen LogP contribution in [0.25, 0.3) is 11.4 Å². The Morgan fingerprint density at radius 2 is 1.83 bits per heavy atom. The molecule has 0 aliphatic rings. The average Bonchev–Trinajstić information content (AvgIpc) is 3.13. The number of rotatable bonds is 7. The maximum absolute atomic E-state index is 12.9. The monoisotopic (exact) mass is 413 g/mol. The van der Waals surface area contributed by atoms with Gasteiger partial charge in [0.25, 0.3) is 5.91 Å². The molecule has 1 heterocycles. The Morgan fingerprint density at radius 3 is 2.45 bits per heavy atom. The molecule has 2 aromatic carbocycles. The van der Waals surface area contributed by atoms with Crippen LogP contribution >= 0.6 is 11.6 Å². The minimum Gasteiger partial charge on any atom is -0.481 e. The number of likely N-dealkylation sites (N-methyl/N-ethyl adjacent to an activating group) is 1. The molecule has 152 valence electrons. The lowest BCUT2D eigenvalue weighted by atomic mass is 10.1. The van der Waals surface area contributed by atoms with E-state index in [0.29, 0.717) is 28.9 Å². The number of benzene rings is 2. The average molecular weight is 414 g/mol. The quantitative estimate of drug-likeness (QED) is 0.555. The Morgan fingerprint density at radius 1 is 1.17 bits per heavy atom. The van der Waals surface area contributed by atoms with Crippen molar-refractivity contribution < 1.29 is 14.1 Å². The number of amides is 1. The minimum atomic E-state index is -0.583. The molecule has 0 saturated carbocycles. The van der Waals surface area contributed by atoms with Crippen molar-refractivity contribution in [3.8, 4) is 17.1 Å². The third kappa shape index (κ3) is 5.35. The molecule has 29 heavy (non-hydrogen) atoms. The number of hydrogen-bond acceptors (Lipinski definition) is 5. The van der Waals surface area contributed by atoms with Crippen molar-refractivity contribution in [3.63, 3.8) is 0 Å². The summed E-state index contributed by atoms with van der Waals surface area (Å²) in [5.41, 5.74) is 2.98. The third-order valence-electron chi connectivity index (χ3n) is 4.44. The highest BCUT2D eigenvalue weighted by molar-refractivity contribution is 6.30. The van der Waals surface area contributed by atoms with Gasteiger partial charge in [-0.15, -0.1) is 0 Å². The summed E-state index contributed by atoms with van der Waals surface area (Å²) < 4.78 is 11.3. The molecule has 0 spiro atoms. The van der Waals surface area contributed by atoms with Crippen molar-refractivity contribution in [1.29, 1.82) is 0 Å². The van der Waals surface area contributed by atoms with Crippen molar-refractivity contribution in [2.24, 2.45) is 0 Å². The molecule has 1 atom stereocenters. The summed E-state index contributed by atoms with van der Waals surface area (Å²) in [6.45, 7) is 6.13. The maximum Gasteiger partial charge on any atom is 0.263 e. The first-order valence-electron chi connectivity index (χ1n) is 9.44. The Kier molecular flexibility index (Phi) is 6.54. The molecular weight excluding hydrogens is 390 g/mol. The lowest BCUT2D eigenvalue weighted by Gasteiger charge is -2.23. The molecule has 0 aliphatic heterocycles. The Bertz CT molecular complexity index is 965. The number of carbonyl (C=O) groups excluding carboxylic acids is 1. The zero-order valence-electron chi connectivity index (χ0n) is 17.0. The van der Waals surface area contributed by atoms with Crippen LogP contribution < -0.4 is 4.74 Å². The van der Waals surface area contributed by atoms with Gasteiger partial charge in [-0.05, 0) is 67.8 Å². The molecule has 0 radical (unpaired) electrons. The first kappa shape index (κ1) is 20.9. The van der Waals surface area contributed by atoms with E-state index in [1.807, 2.05) is 45.0 Å². The predicted molar refractivity (Wildman–Crippen MR) is 112 cm³/mol. The van der Waals surface area contributed by atoms with Crippen LogP contribution in [0, 0.1) is 13.8 Å². The van der Waals surface area contributed by atoms with E-state index in [-0.39, 0.29) is 12.5 Å². The molecule has 1 unspecified atom stereocenters. The number of ether oxygens (including phenoxy) is 1. The van der Waals surface area contributed by atoms with Gasteiger partial charge >= 0.3 is 0 Å². The standard InChI is InChI=1S/C22H24ClN3O3/c1-5-19(28-18-11-14(2)10-15(3)12-18)22(27)26(4)13-20-24-21(25-29-20)16-6-8-17(23)9-7-16/h6-12,19H,5,13H2,1-4H3. The highest BCUT2D eigenvalue weighted by Gasteiger charge is 2.24. The van der Waals surface area contributed by atoms with E-state index >= 15 is 0 Å². The van der Waals surface area contributed by atoms with Crippen LogP contribution in [0.4, 0.5) is 0 Å². The van der Waals surface area contributed by atoms with E-state index in [1.165, 1.54) is 4.90 Å². The van der Waals surface area contributed by atoms with Crippen LogP contribution in [0.1, 0.15) is 30.4 Å². The van der Waals surface area contributed by atoms with Crippen molar-refractivity contribution in [1.82, 2.24) is 15.0 Å². The number of halogens is 1. The summed E-state index contributed by atoms with van der Waals surface area (Å²) in [7, 11) is 1.70. The molecule has 3 rings (SSSR count). The van der Waals surface area contributed by atoms with Gasteiger partial charge < -0.3 is 14.2 Å². The molecule has 1 amide bonds. The van der Waals surface area contributed by atoms with Crippen molar-refractivity contribution in [3.05, 3.63) is 64.5 Å². The molecule has 0 fully saturated rings. The lowest BCUT2D eigenvalue weighted by Crippen LogP contribution is -2.39. The molecule has 0 N–H and O–H groups in total. The second-order valence-electron chi connectivity index (χ2n) is 7.05. The lowest BCUT2D eigenvalue weighted by molar-refractivity contribution is -0.138. The van der Waals surface area contributed by atoms with Gasteiger partial charge in [0.15, 0.2) is 6.10 Å². The van der Waals surface area contributed by atoms with Crippen molar-refractivity contribution >= 4 is 17.5 Å². The van der Waals surface area contributed by atoms with Crippen LogP contribution in [0.5, 0.6) is 5.75 Å². The number of aryl methyl sites for hydroxylation is 2. The normalized spacial score (nSPS) is 11.9. The van der Waals surface area contributed by atoms with Gasteiger partial charge in [-0.1, -0.05) is 29.7 Å². The van der Waals surface area contributed by atoms with E-state index in [1.54, 1.807) is 19.2 Å². The summed E-state index contributed by atoms with van der Waals surface area (Å²) in [5.74, 6) is 1.36. The van der Waals surface area contributed by atoms with E-state index in [4.69, 9.17) is 20.9 Å². The van der Waals surface area contributed by atoms with Gasteiger partial charge in [-0.3, -0.25) is 4.79 Å². The van der Waals surface area contributed by atoms with E-state index in [2.05, 4.69) is 16.2 Å². The predicted octanol–water partition coefficient (Wildman–Crippen LogP) is 4.82. The summed E-state index contributed by atoms with van der Waals surface area (Å²) in [6.07, 6.45) is -0.0319. The van der Waals surface area contributed by atoms with Crippen LogP contribution in [0.3, 0.4) is 0 Å². The van der Waals surface area contributed by atoms with Gasteiger partial charge in [0.2, 0.25) is 11.7 Å². The second kappa shape index (κ2) is 9.09. The molecular formula is C22H24ClN3O3. The molecule has 3 aromatic rings. The fourth-order valence-electron chi connectivity index (χ4n) is 3.04. The van der Waals surface area contributed by atoms with Crippen LogP contribution in [0.15, 0.2) is 47.0 Å². The highest BCUT2D eigenvalue weighted by atomic mass is 35.5. The second-order valence-corrected chi connectivity index (χ2v) is 7.49. The van der Waals surface area contributed by atoms with Gasteiger partial charge in [0, 0.05) is 17.6 Å². The molecule has 0 aliphatic carbocycles. The van der Waals surface area contributed by atoms with Gasteiger partial charge in [-0.25, -0.2) is 0 Å². The molecule has 6 nitrogen and oxygen atoms in total. The number of carbonyl (C=O) groups is 1. The number of aromatic nitrogens is 2. The Labute approximate surface area is 175 Å². The van der Waals surface area contributed by atoms with E-state index in [9.17, 15) is 4.79 Å². The van der Waals surface area contributed by atoms with Crippen LogP contribution in [0.2, 0.25) is 5.02 Å². The number of hydrogen-bond donors (Lipinski definition) is 0. The fourth-order valence-corrected chi connectivity index (χ4v) is 3.16. The number of nitrogens with zero attached hydrogens (tertiary/aromatic N) is 3. The fraction of sp³-hybridized carbons (Fsp3) is 0.318. The maximum atomic E-state index is 12.9. The van der Waals surface area contributed by atoms with Gasteiger partial charge in [0.05, 0.1) is 6.54 Å². The third-order valence-corrected chi connectivity index (χ3v) is 4.69. The molecule has 7 heteroatoms. The van der Waals surface area contributed by atoms with E-state index in [0.717, 1.165) is 16.7 Å². The summed E-state index contributed by atoms with van der Waals surface area (Å²) >= 11 is 5.91.